The summed E-state index contributed by atoms with van der Waals surface area (Å²) in [7, 11) is 0. The predicted octanol–water partition coefficient (Wildman–Crippen LogP) is 1.70. The number of pyridine rings is 1. The molecule has 0 aromatic carbocycles. The number of carboxylic acids is 2. The van der Waals surface area contributed by atoms with Gasteiger partial charge in [0.1, 0.15) is 5.82 Å². The topological polar surface area (TPSA) is 91.9 Å². The molecule has 0 saturated carbocycles. The second-order valence-electron chi connectivity index (χ2n) is 3.68. The molecule has 18 heavy (non-hydrogen) atoms. The van der Waals surface area contributed by atoms with E-state index < -0.39 is 11.9 Å². The molecule has 2 rings (SSSR count). The second-order valence-corrected chi connectivity index (χ2v) is 4.11. The molecule has 2 N–H and O–H groups in total. The summed E-state index contributed by atoms with van der Waals surface area (Å²) in [6, 6.07) is 3.11. The summed E-state index contributed by atoms with van der Waals surface area (Å²) < 4.78 is 1.51. The minimum Gasteiger partial charge on any atom is -0.481 e. The van der Waals surface area contributed by atoms with E-state index in [2.05, 4.69) is 4.98 Å². The average Bonchev–Trinajstić information content (AvgIpc) is 2.64. The van der Waals surface area contributed by atoms with Gasteiger partial charge in [-0.25, -0.2) is 9.78 Å². The van der Waals surface area contributed by atoms with Crippen molar-refractivity contribution in [1.82, 2.24) is 9.38 Å². The lowest BCUT2D eigenvalue weighted by Crippen LogP contribution is -2.01. The number of carbonyl (C=O) groups is 2. The van der Waals surface area contributed by atoms with E-state index in [-0.39, 0.29) is 18.5 Å². The zero-order valence-electron chi connectivity index (χ0n) is 9.13. The molecule has 0 aliphatic rings. The molecule has 0 unspecified atom stereocenters. The van der Waals surface area contributed by atoms with Gasteiger partial charge in [-0.05, 0) is 12.1 Å². The van der Waals surface area contributed by atoms with Gasteiger partial charge in [-0.1, -0.05) is 11.6 Å². The van der Waals surface area contributed by atoms with Crippen LogP contribution >= 0.6 is 11.6 Å². The number of nitrogens with zero attached hydrogens (tertiary/aromatic N) is 2. The van der Waals surface area contributed by atoms with Gasteiger partial charge in [-0.2, -0.15) is 0 Å². The number of aryl methyl sites for hydroxylation is 1. The first kappa shape index (κ1) is 12.4. The molecule has 2 aromatic heterocycles. The van der Waals surface area contributed by atoms with Crippen molar-refractivity contribution in [3.8, 4) is 0 Å². The average molecular weight is 269 g/mol. The van der Waals surface area contributed by atoms with Gasteiger partial charge < -0.3 is 14.6 Å². The number of aliphatic carboxylic acids is 1. The largest absolute Gasteiger partial charge is 0.481 e. The lowest BCUT2D eigenvalue weighted by atomic mass is 10.3. The first-order valence-corrected chi connectivity index (χ1v) is 5.48. The maximum atomic E-state index is 11.0. The standard InChI is InChI=1S/C11H9ClN2O4/c12-6-1-2-7-10(11(17)18)13-8(14(7)5-6)3-4-9(15)16/h1-2,5H,3-4H2,(H,15,16)(H,17,18). The number of hydrogen-bond donors (Lipinski definition) is 2. The van der Waals surface area contributed by atoms with Crippen LogP contribution in [-0.2, 0) is 11.2 Å². The maximum absolute atomic E-state index is 11.0. The van der Waals surface area contributed by atoms with Crippen molar-refractivity contribution in [2.75, 3.05) is 0 Å². The molecule has 0 spiro atoms. The summed E-state index contributed by atoms with van der Waals surface area (Å²) >= 11 is 5.83. The number of imidazole rings is 1. The molecule has 6 nitrogen and oxygen atoms in total. The molecule has 0 atom stereocenters. The Morgan fingerprint density at radius 1 is 1.33 bits per heavy atom. The fourth-order valence-electron chi connectivity index (χ4n) is 1.67. The number of aromatic nitrogens is 2. The Morgan fingerprint density at radius 2 is 2.06 bits per heavy atom. The van der Waals surface area contributed by atoms with Crippen molar-refractivity contribution in [3.63, 3.8) is 0 Å². The highest BCUT2D eigenvalue weighted by Crippen LogP contribution is 2.18. The Balaban J connectivity index is 2.54. The third-order valence-corrected chi connectivity index (χ3v) is 2.66. The summed E-state index contributed by atoms with van der Waals surface area (Å²) in [5.74, 6) is -1.76. The van der Waals surface area contributed by atoms with Gasteiger partial charge >= 0.3 is 11.9 Å². The van der Waals surface area contributed by atoms with Crippen LogP contribution in [0.3, 0.4) is 0 Å². The van der Waals surface area contributed by atoms with Crippen molar-refractivity contribution in [1.29, 1.82) is 0 Å². The van der Waals surface area contributed by atoms with E-state index >= 15 is 0 Å². The highest BCUT2D eigenvalue weighted by atomic mass is 35.5. The van der Waals surface area contributed by atoms with Crippen LogP contribution in [0.4, 0.5) is 0 Å². The van der Waals surface area contributed by atoms with E-state index in [1.54, 1.807) is 12.1 Å². The lowest BCUT2D eigenvalue weighted by Gasteiger charge is -1.99. The molecule has 0 aliphatic heterocycles. The molecular weight excluding hydrogens is 260 g/mol. The van der Waals surface area contributed by atoms with Gasteiger partial charge in [0.15, 0.2) is 5.69 Å². The molecule has 7 heteroatoms. The van der Waals surface area contributed by atoms with Crippen molar-refractivity contribution < 1.29 is 19.8 Å². The molecular formula is C11H9ClN2O4. The summed E-state index contributed by atoms with van der Waals surface area (Å²) in [5.41, 5.74) is 0.291. The minimum absolute atomic E-state index is 0.105. The molecule has 2 aromatic rings. The van der Waals surface area contributed by atoms with E-state index in [9.17, 15) is 9.59 Å². The van der Waals surface area contributed by atoms with Crippen molar-refractivity contribution >= 4 is 29.1 Å². The monoisotopic (exact) mass is 268 g/mol. The van der Waals surface area contributed by atoms with Crippen LogP contribution in [0.15, 0.2) is 18.3 Å². The summed E-state index contributed by atoms with van der Waals surface area (Å²) in [6.07, 6.45) is 1.54. The fourth-order valence-corrected chi connectivity index (χ4v) is 1.83. The summed E-state index contributed by atoms with van der Waals surface area (Å²) in [4.78, 5) is 25.5. The quantitative estimate of drug-likeness (QED) is 0.880. The van der Waals surface area contributed by atoms with Crippen LogP contribution < -0.4 is 0 Å². The molecule has 0 amide bonds. The zero-order chi connectivity index (χ0) is 13.3. The highest BCUT2D eigenvalue weighted by molar-refractivity contribution is 6.30. The van der Waals surface area contributed by atoms with Crippen LogP contribution in [0.2, 0.25) is 5.02 Å². The SMILES string of the molecule is O=C(O)CCc1nc(C(=O)O)c2ccc(Cl)cn12. The van der Waals surface area contributed by atoms with E-state index in [0.717, 1.165) is 0 Å². The number of carboxylic acid groups (broad SMARTS) is 2. The van der Waals surface area contributed by atoms with Gasteiger partial charge in [-0.3, -0.25) is 4.79 Å². The Labute approximate surface area is 106 Å². The molecule has 0 fully saturated rings. The second kappa shape index (κ2) is 4.66. The molecule has 0 bridgehead atoms. The fraction of sp³-hybridized carbons (Fsp3) is 0.182. The Morgan fingerprint density at radius 3 is 2.67 bits per heavy atom. The maximum Gasteiger partial charge on any atom is 0.356 e. The number of halogens is 1. The third-order valence-electron chi connectivity index (χ3n) is 2.44. The van der Waals surface area contributed by atoms with Crippen LogP contribution in [-0.4, -0.2) is 31.5 Å². The van der Waals surface area contributed by atoms with Gasteiger partial charge in [0, 0.05) is 12.6 Å². The molecule has 2 heterocycles. The first-order chi connectivity index (χ1) is 8.49. The zero-order valence-corrected chi connectivity index (χ0v) is 9.89. The van der Waals surface area contributed by atoms with Gasteiger partial charge in [0.05, 0.1) is 17.0 Å². The summed E-state index contributed by atoms with van der Waals surface area (Å²) in [6.45, 7) is 0. The van der Waals surface area contributed by atoms with Crippen LogP contribution in [0, 0.1) is 0 Å². The van der Waals surface area contributed by atoms with Crippen molar-refractivity contribution in [3.05, 3.63) is 34.9 Å². The van der Waals surface area contributed by atoms with Crippen molar-refractivity contribution in [2.24, 2.45) is 0 Å². The highest BCUT2D eigenvalue weighted by Gasteiger charge is 2.17. The Bertz CT molecular complexity index is 635. The molecule has 0 aliphatic carbocycles. The van der Waals surface area contributed by atoms with Gasteiger partial charge in [0.25, 0.3) is 0 Å². The van der Waals surface area contributed by atoms with Crippen LogP contribution in [0.5, 0.6) is 0 Å². The van der Waals surface area contributed by atoms with Gasteiger partial charge in [0.2, 0.25) is 0 Å². The van der Waals surface area contributed by atoms with Gasteiger partial charge in [-0.15, -0.1) is 0 Å². The minimum atomic E-state index is -1.16. The van der Waals surface area contributed by atoms with E-state index in [1.807, 2.05) is 0 Å². The van der Waals surface area contributed by atoms with Crippen LogP contribution in [0.1, 0.15) is 22.7 Å². The summed E-state index contributed by atoms with van der Waals surface area (Å²) in [5, 5.41) is 18.1. The van der Waals surface area contributed by atoms with E-state index in [4.69, 9.17) is 21.8 Å². The van der Waals surface area contributed by atoms with E-state index in [0.29, 0.717) is 16.4 Å². The van der Waals surface area contributed by atoms with Crippen LogP contribution in [0.25, 0.3) is 5.52 Å². The number of aromatic carboxylic acids is 1. The Hall–Kier alpha value is -2.08. The number of rotatable bonds is 4. The lowest BCUT2D eigenvalue weighted by molar-refractivity contribution is -0.137. The normalized spacial score (nSPS) is 10.7. The first-order valence-electron chi connectivity index (χ1n) is 5.10. The predicted molar refractivity (Wildman–Crippen MR) is 63.1 cm³/mol. The number of hydrogen-bond acceptors (Lipinski definition) is 3. The van der Waals surface area contributed by atoms with E-state index in [1.165, 1.54) is 10.6 Å². The van der Waals surface area contributed by atoms with Crippen molar-refractivity contribution in [2.45, 2.75) is 12.8 Å². The molecule has 0 saturated heterocycles. The molecule has 0 radical (unpaired) electrons. The third kappa shape index (κ3) is 2.28. The smallest absolute Gasteiger partial charge is 0.356 e. The Kier molecular flexibility index (Phi) is 3.20. The number of fused-ring (bicyclic) bond motifs is 1. The molecule has 94 valence electrons.